The molecule has 0 aliphatic carbocycles. The molecule has 1 atom stereocenters. The molecule has 1 aromatic rings. The van der Waals surface area contributed by atoms with Crippen LogP contribution in [0.15, 0.2) is 18.2 Å². The van der Waals surface area contributed by atoms with Crippen molar-refractivity contribution in [3.63, 3.8) is 0 Å². The molecule has 2 rings (SSSR count). The van der Waals surface area contributed by atoms with Crippen molar-refractivity contribution in [2.75, 3.05) is 11.4 Å². The number of aryl methyl sites for hydroxylation is 2. The molecule has 0 spiro atoms. The van der Waals surface area contributed by atoms with Gasteiger partial charge in [0.05, 0.1) is 0 Å². The molecule has 1 heterocycles. The Hall–Kier alpha value is -1.84. The van der Waals surface area contributed by atoms with E-state index in [1.54, 1.807) is 11.8 Å². The van der Waals surface area contributed by atoms with Crippen LogP contribution >= 0.6 is 0 Å². The van der Waals surface area contributed by atoms with Crippen molar-refractivity contribution in [2.24, 2.45) is 0 Å². The molecule has 0 saturated carbocycles. The molecular weight excluding hydrogens is 252 g/mol. The van der Waals surface area contributed by atoms with Crippen LogP contribution in [0.4, 0.5) is 5.69 Å². The first kappa shape index (κ1) is 14.6. The average molecular weight is 274 g/mol. The highest BCUT2D eigenvalue weighted by Crippen LogP contribution is 2.27. The monoisotopic (exact) mass is 274 g/mol. The topological polar surface area (TPSA) is 49.4 Å². The number of benzene rings is 1. The van der Waals surface area contributed by atoms with Crippen LogP contribution in [0, 0.1) is 13.8 Å². The van der Waals surface area contributed by atoms with Gasteiger partial charge < -0.3 is 10.2 Å². The summed E-state index contributed by atoms with van der Waals surface area (Å²) >= 11 is 0. The molecule has 4 nitrogen and oxygen atoms in total. The normalized spacial score (nSPS) is 23.5. The fraction of sp³-hybridized carbons (Fsp3) is 0.500. The number of nitrogens with zero attached hydrogens (tertiary/aromatic N) is 1. The SMILES string of the molecule is CCC1(C)NC(=O)CCN(c2cc(C)ccc2C)C1=O. The third-order valence-electron chi connectivity index (χ3n) is 4.06. The van der Waals surface area contributed by atoms with Crippen molar-refractivity contribution < 1.29 is 9.59 Å². The van der Waals surface area contributed by atoms with Crippen molar-refractivity contribution in [3.05, 3.63) is 29.3 Å². The summed E-state index contributed by atoms with van der Waals surface area (Å²) in [6.07, 6.45) is 0.924. The molecule has 0 bridgehead atoms. The average Bonchev–Trinajstić information content (AvgIpc) is 2.52. The second-order valence-electron chi connectivity index (χ2n) is 5.73. The van der Waals surface area contributed by atoms with Gasteiger partial charge in [-0.05, 0) is 44.4 Å². The maximum atomic E-state index is 12.8. The predicted octanol–water partition coefficient (Wildman–Crippen LogP) is 2.33. The molecule has 4 heteroatoms. The minimum Gasteiger partial charge on any atom is -0.342 e. The van der Waals surface area contributed by atoms with Crippen LogP contribution in [-0.4, -0.2) is 23.9 Å². The third-order valence-corrected chi connectivity index (χ3v) is 4.06. The van der Waals surface area contributed by atoms with E-state index in [1.807, 2.05) is 39.0 Å². The van der Waals surface area contributed by atoms with Crippen LogP contribution in [0.5, 0.6) is 0 Å². The lowest BCUT2D eigenvalue weighted by molar-refractivity contribution is -0.129. The van der Waals surface area contributed by atoms with Crippen LogP contribution in [0.3, 0.4) is 0 Å². The van der Waals surface area contributed by atoms with Crippen molar-refractivity contribution >= 4 is 17.5 Å². The van der Waals surface area contributed by atoms with Gasteiger partial charge in [0.15, 0.2) is 0 Å². The number of rotatable bonds is 2. The number of anilines is 1. The van der Waals surface area contributed by atoms with E-state index >= 15 is 0 Å². The Bertz CT molecular complexity index is 553. The van der Waals surface area contributed by atoms with Crippen LogP contribution in [-0.2, 0) is 9.59 Å². The van der Waals surface area contributed by atoms with Gasteiger partial charge in [-0.3, -0.25) is 9.59 Å². The van der Waals surface area contributed by atoms with E-state index in [0.29, 0.717) is 19.4 Å². The molecule has 0 radical (unpaired) electrons. The highest BCUT2D eigenvalue weighted by molar-refractivity contribution is 6.04. The predicted molar refractivity (Wildman–Crippen MR) is 79.7 cm³/mol. The van der Waals surface area contributed by atoms with Crippen molar-refractivity contribution in [1.82, 2.24) is 5.32 Å². The fourth-order valence-electron chi connectivity index (χ4n) is 2.52. The van der Waals surface area contributed by atoms with Gasteiger partial charge in [0.2, 0.25) is 5.91 Å². The summed E-state index contributed by atoms with van der Waals surface area (Å²) in [6.45, 7) is 8.16. The van der Waals surface area contributed by atoms with Gasteiger partial charge in [-0.1, -0.05) is 19.1 Å². The highest BCUT2D eigenvalue weighted by atomic mass is 16.2. The molecule has 2 amide bonds. The van der Waals surface area contributed by atoms with Crippen LogP contribution in [0.1, 0.15) is 37.8 Å². The van der Waals surface area contributed by atoms with Gasteiger partial charge in [0, 0.05) is 18.7 Å². The number of nitrogens with one attached hydrogen (secondary N) is 1. The van der Waals surface area contributed by atoms with Gasteiger partial charge in [-0.2, -0.15) is 0 Å². The maximum Gasteiger partial charge on any atom is 0.252 e. The summed E-state index contributed by atoms with van der Waals surface area (Å²) in [5, 5.41) is 2.86. The van der Waals surface area contributed by atoms with Crippen molar-refractivity contribution in [3.8, 4) is 0 Å². The number of hydrogen-bond acceptors (Lipinski definition) is 2. The summed E-state index contributed by atoms with van der Waals surface area (Å²) in [4.78, 5) is 26.4. The van der Waals surface area contributed by atoms with E-state index in [0.717, 1.165) is 16.8 Å². The van der Waals surface area contributed by atoms with E-state index < -0.39 is 5.54 Å². The minimum atomic E-state index is -0.816. The summed E-state index contributed by atoms with van der Waals surface area (Å²) in [6, 6.07) is 6.06. The second-order valence-corrected chi connectivity index (χ2v) is 5.73. The summed E-state index contributed by atoms with van der Waals surface area (Å²) in [7, 11) is 0. The molecule has 1 aliphatic heterocycles. The largest absolute Gasteiger partial charge is 0.342 e. The summed E-state index contributed by atoms with van der Waals surface area (Å²) in [5.74, 6) is -0.0879. The van der Waals surface area contributed by atoms with E-state index in [-0.39, 0.29) is 11.8 Å². The molecule has 1 unspecified atom stereocenters. The Balaban J connectivity index is 2.46. The summed E-state index contributed by atoms with van der Waals surface area (Å²) in [5.41, 5.74) is 2.26. The first-order chi connectivity index (χ1) is 9.37. The molecule has 1 aliphatic rings. The zero-order valence-electron chi connectivity index (χ0n) is 12.6. The molecule has 0 aromatic heterocycles. The van der Waals surface area contributed by atoms with E-state index in [4.69, 9.17) is 0 Å². The lowest BCUT2D eigenvalue weighted by Gasteiger charge is -2.32. The van der Waals surface area contributed by atoms with Crippen LogP contribution < -0.4 is 10.2 Å². The minimum absolute atomic E-state index is 0.0282. The Morgan fingerprint density at radius 2 is 2.00 bits per heavy atom. The Morgan fingerprint density at radius 1 is 1.30 bits per heavy atom. The molecule has 20 heavy (non-hydrogen) atoms. The number of hydrogen-bond donors (Lipinski definition) is 1. The summed E-state index contributed by atoms with van der Waals surface area (Å²) < 4.78 is 0. The standard InChI is InChI=1S/C16H22N2O2/c1-5-16(4)15(20)18(9-8-14(19)17-16)13-10-11(2)6-7-12(13)3/h6-7,10H,5,8-9H2,1-4H3,(H,17,19). The van der Waals surface area contributed by atoms with Crippen LogP contribution in [0.2, 0.25) is 0 Å². The Labute approximate surface area is 120 Å². The molecule has 1 aromatic carbocycles. The van der Waals surface area contributed by atoms with Gasteiger partial charge in [0.1, 0.15) is 5.54 Å². The van der Waals surface area contributed by atoms with Gasteiger partial charge >= 0.3 is 0 Å². The third kappa shape index (κ3) is 2.55. The van der Waals surface area contributed by atoms with Crippen LogP contribution in [0.25, 0.3) is 0 Å². The molecule has 1 fully saturated rings. The lowest BCUT2D eigenvalue weighted by atomic mass is 9.96. The molecular formula is C16H22N2O2. The maximum absolute atomic E-state index is 12.8. The van der Waals surface area contributed by atoms with E-state index in [2.05, 4.69) is 5.32 Å². The van der Waals surface area contributed by atoms with E-state index in [9.17, 15) is 9.59 Å². The number of amides is 2. The number of carbonyl (C=O) groups excluding carboxylic acids is 2. The zero-order valence-corrected chi connectivity index (χ0v) is 12.6. The van der Waals surface area contributed by atoms with Gasteiger partial charge in [0.25, 0.3) is 5.91 Å². The highest BCUT2D eigenvalue weighted by Gasteiger charge is 2.39. The molecule has 1 saturated heterocycles. The molecule has 1 N–H and O–H groups in total. The first-order valence-electron chi connectivity index (χ1n) is 7.07. The smallest absolute Gasteiger partial charge is 0.252 e. The van der Waals surface area contributed by atoms with Gasteiger partial charge in [-0.25, -0.2) is 0 Å². The van der Waals surface area contributed by atoms with Crippen molar-refractivity contribution in [1.29, 1.82) is 0 Å². The molecule has 108 valence electrons. The van der Waals surface area contributed by atoms with Crippen molar-refractivity contribution in [2.45, 2.75) is 46.1 Å². The number of carbonyl (C=O) groups is 2. The second kappa shape index (κ2) is 5.27. The first-order valence-corrected chi connectivity index (χ1v) is 7.07. The zero-order chi connectivity index (χ0) is 14.9. The lowest BCUT2D eigenvalue weighted by Crippen LogP contribution is -2.54. The van der Waals surface area contributed by atoms with Gasteiger partial charge in [-0.15, -0.1) is 0 Å². The quantitative estimate of drug-likeness (QED) is 0.899. The van der Waals surface area contributed by atoms with E-state index in [1.165, 1.54) is 0 Å². The Kier molecular flexibility index (Phi) is 3.84. The Morgan fingerprint density at radius 3 is 2.65 bits per heavy atom. The fourth-order valence-corrected chi connectivity index (χ4v) is 2.52.